The van der Waals surface area contributed by atoms with Crippen LogP contribution in [0.15, 0.2) is 28.4 Å². The number of nitrogens with zero attached hydrogens (tertiary/aromatic N) is 5. The SMILES string of the molecule is CCN(CC)c1ccc(N=Nc2nnc(C(C)(C)CC)s2)c(O)c1. The maximum Gasteiger partial charge on any atom is 0.251 e. The van der Waals surface area contributed by atoms with Crippen molar-refractivity contribution in [1.82, 2.24) is 10.2 Å². The molecule has 2 aromatic rings. The molecule has 0 saturated carbocycles. The van der Waals surface area contributed by atoms with Gasteiger partial charge in [0.15, 0.2) is 0 Å². The maximum atomic E-state index is 10.2. The van der Waals surface area contributed by atoms with Gasteiger partial charge in [0.2, 0.25) is 0 Å². The van der Waals surface area contributed by atoms with Crippen molar-refractivity contribution < 1.29 is 5.11 Å². The van der Waals surface area contributed by atoms with Crippen LogP contribution in [0.5, 0.6) is 5.75 Å². The van der Waals surface area contributed by atoms with Crippen molar-refractivity contribution in [3.05, 3.63) is 23.2 Å². The molecule has 130 valence electrons. The second-order valence-electron chi connectivity index (χ2n) is 6.17. The van der Waals surface area contributed by atoms with Crippen molar-refractivity contribution >= 4 is 27.8 Å². The number of rotatable bonds is 7. The Bertz CT molecular complexity index is 707. The topological polar surface area (TPSA) is 74.0 Å². The monoisotopic (exact) mass is 347 g/mol. The Kier molecular flexibility index (Phi) is 5.88. The first-order valence-corrected chi connectivity index (χ1v) is 9.06. The number of aromatic hydroxyl groups is 1. The van der Waals surface area contributed by atoms with E-state index in [2.05, 4.69) is 59.9 Å². The maximum absolute atomic E-state index is 10.2. The summed E-state index contributed by atoms with van der Waals surface area (Å²) in [6.07, 6.45) is 0.979. The van der Waals surface area contributed by atoms with E-state index in [1.165, 1.54) is 11.3 Å². The lowest BCUT2D eigenvalue weighted by atomic mass is 9.91. The van der Waals surface area contributed by atoms with Crippen LogP contribution >= 0.6 is 11.3 Å². The highest BCUT2D eigenvalue weighted by Gasteiger charge is 2.23. The molecule has 1 aromatic carbocycles. The molecule has 0 atom stereocenters. The first-order chi connectivity index (χ1) is 11.4. The summed E-state index contributed by atoms with van der Waals surface area (Å²) in [7, 11) is 0. The number of aromatic nitrogens is 2. The number of hydrogen-bond donors (Lipinski definition) is 1. The van der Waals surface area contributed by atoms with Crippen LogP contribution in [0.25, 0.3) is 0 Å². The molecule has 6 nitrogen and oxygen atoms in total. The molecule has 0 aliphatic rings. The van der Waals surface area contributed by atoms with Gasteiger partial charge >= 0.3 is 0 Å². The summed E-state index contributed by atoms with van der Waals surface area (Å²) in [5.41, 5.74) is 1.38. The number of benzene rings is 1. The Morgan fingerprint density at radius 1 is 1.12 bits per heavy atom. The van der Waals surface area contributed by atoms with E-state index >= 15 is 0 Å². The van der Waals surface area contributed by atoms with Crippen LogP contribution in [0.2, 0.25) is 0 Å². The Morgan fingerprint density at radius 3 is 2.42 bits per heavy atom. The van der Waals surface area contributed by atoms with E-state index in [4.69, 9.17) is 0 Å². The molecule has 0 aliphatic heterocycles. The summed E-state index contributed by atoms with van der Waals surface area (Å²) in [5, 5.41) is 28.1. The zero-order valence-electron chi connectivity index (χ0n) is 14.9. The van der Waals surface area contributed by atoms with Crippen LogP contribution in [-0.2, 0) is 5.41 Å². The summed E-state index contributed by atoms with van der Waals surface area (Å²) in [4.78, 5) is 2.16. The van der Waals surface area contributed by atoms with Crippen molar-refractivity contribution in [2.75, 3.05) is 18.0 Å². The number of anilines is 1. The third-order valence-corrected chi connectivity index (χ3v) is 5.38. The van der Waals surface area contributed by atoms with Crippen LogP contribution in [0.3, 0.4) is 0 Å². The quantitative estimate of drug-likeness (QED) is 0.699. The zero-order valence-corrected chi connectivity index (χ0v) is 15.8. The highest BCUT2D eigenvalue weighted by atomic mass is 32.1. The van der Waals surface area contributed by atoms with Gasteiger partial charge in [-0.25, -0.2) is 0 Å². The van der Waals surface area contributed by atoms with Crippen LogP contribution < -0.4 is 4.90 Å². The van der Waals surface area contributed by atoms with Gasteiger partial charge in [0.05, 0.1) is 0 Å². The summed E-state index contributed by atoms with van der Waals surface area (Å²) >= 11 is 1.43. The van der Waals surface area contributed by atoms with Gasteiger partial charge in [-0.05, 0) is 32.4 Å². The van der Waals surface area contributed by atoms with Gasteiger partial charge in [0.25, 0.3) is 5.13 Å². The molecule has 2 rings (SSSR count). The van der Waals surface area contributed by atoms with Gasteiger partial charge in [-0.3, -0.25) is 0 Å². The van der Waals surface area contributed by atoms with Gasteiger partial charge in [0, 0.05) is 30.3 Å². The van der Waals surface area contributed by atoms with E-state index in [1.54, 1.807) is 12.1 Å². The molecular weight excluding hydrogens is 322 g/mol. The minimum atomic E-state index is -0.0149. The molecule has 0 fully saturated rings. The minimum Gasteiger partial charge on any atom is -0.506 e. The fourth-order valence-electron chi connectivity index (χ4n) is 2.16. The van der Waals surface area contributed by atoms with Crippen molar-refractivity contribution in [2.45, 2.75) is 46.5 Å². The molecule has 0 aliphatic carbocycles. The third kappa shape index (κ3) is 4.08. The van der Waals surface area contributed by atoms with Crippen molar-refractivity contribution in [2.24, 2.45) is 10.2 Å². The van der Waals surface area contributed by atoms with Crippen molar-refractivity contribution in [1.29, 1.82) is 0 Å². The van der Waals surface area contributed by atoms with E-state index in [1.807, 2.05) is 6.07 Å². The van der Waals surface area contributed by atoms with Crippen LogP contribution in [-0.4, -0.2) is 28.4 Å². The number of phenols is 1. The predicted octanol–water partition coefficient (Wildman–Crippen LogP) is 5.19. The first kappa shape index (κ1) is 18.3. The van der Waals surface area contributed by atoms with E-state index in [0.717, 1.165) is 30.2 Å². The molecule has 1 heterocycles. The molecule has 0 bridgehead atoms. The van der Waals surface area contributed by atoms with E-state index < -0.39 is 0 Å². The lowest BCUT2D eigenvalue weighted by molar-refractivity contribution is 0.476. The molecule has 1 aromatic heterocycles. The minimum absolute atomic E-state index is 0.0149. The highest BCUT2D eigenvalue weighted by Crippen LogP contribution is 2.35. The average molecular weight is 347 g/mol. The van der Waals surface area contributed by atoms with E-state index in [-0.39, 0.29) is 11.2 Å². The Balaban J connectivity index is 2.18. The van der Waals surface area contributed by atoms with Gasteiger partial charge < -0.3 is 10.0 Å². The second kappa shape index (κ2) is 7.70. The Morgan fingerprint density at radius 2 is 1.83 bits per heavy atom. The summed E-state index contributed by atoms with van der Waals surface area (Å²) in [5.74, 6) is 0.113. The Labute approximate surface area is 147 Å². The normalized spacial score (nSPS) is 12.0. The molecule has 7 heteroatoms. The van der Waals surface area contributed by atoms with Crippen molar-refractivity contribution in [3.8, 4) is 5.75 Å². The fourth-order valence-corrected chi connectivity index (χ4v) is 3.00. The number of azo groups is 1. The number of hydrogen-bond acceptors (Lipinski definition) is 7. The molecule has 0 unspecified atom stereocenters. The lowest BCUT2D eigenvalue weighted by Gasteiger charge is -2.21. The molecule has 0 radical (unpaired) electrons. The molecule has 24 heavy (non-hydrogen) atoms. The highest BCUT2D eigenvalue weighted by molar-refractivity contribution is 7.15. The van der Waals surface area contributed by atoms with E-state index in [0.29, 0.717) is 10.8 Å². The van der Waals surface area contributed by atoms with Crippen LogP contribution in [0, 0.1) is 0 Å². The van der Waals surface area contributed by atoms with Gasteiger partial charge in [-0.2, -0.15) is 0 Å². The Hall–Kier alpha value is -2.02. The van der Waals surface area contributed by atoms with Crippen LogP contribution in [0.1, 0.15) is 46.0 Å². The summed E-state index contributed by atoms with van der Waals surface area (Å²) < 4.78 is 0. The van der Waals surface area contributed by atoms with Gasteiger partial charge in [0.1, 0.15) is 16.4 Å². The van der Waals surface area contributed by atoms with Crippen LogP contribution in [0.4, 0.5) is 16.5 Å². The molecule has 0 saturated heterocycles. The largest absolute Gasteiger partial charge is 0.506 e. The van der Waals surface area contributed by atoms with Crippen molar-refractivity contribution in [3.63, 3.8) is 0 Å². The fraction of sp³-hybridized carbons (Fsp3) is 0.529. The summed E-state index contributed by atoms with van der Waals surface area (Å²) in [6, 6.07) is 5.42. The average Bonchev–Trinajstić information content (AvgIpc) is 3.05. The third-order valence-electron chi connectivity index (χ3n) is 4.21. The standard InChI is InChI=1S/C17H25N5OS/c1-6-17(4,5)15-19-21-16(24-15)20-18-13-10-9-12(11-14(13)23)22(7-2)8-3/h9-11,23H,6-8H2,1-5H3. The molecule has 1 N–H and O–H groups in total. The van der Waals surface area contributed by atoms with Gasteiger partial charge in [-0.1, -0.05) is 32.1 Å². The first-order valence-electron chi connectivity index (χ1n) is 8.25. The number of phenolic OH excluding ortho intramolecular Hbond substituents is 1. The zero-order chi connectivity index (χ0) is 17.7. The molecule has 0 spiro atoms. The summed E-state index contributed by atoms with van der Waals surface area (Å²) in [6.45, 7) is 12.3. The smallest absolute Gasteiger partial charge is 0.251 e. The molecular formula is C17H25N5OS. The second-order valence-corrected chi connectivity index (χ2v) is 7.13. The lowest BCUT2D eigenvalue weighted by Crippen LogP contribution is -2.21. The van der Waals surface area contributed by atoms with E-state index in [9.17, 15) is 5.11 Å². The van der Waals surface area contributed by atoms with Gasteiger partial charge in [-0.15, -0.1) is 20.4 Å². The predicted molar refractivity (Wildman–Crippen MR) is 99.1 cm³/mol. The molecule has 0 amide bonds.